The quantitative estimate of drug-likeness (QED) is 0.361. The molecule has 0 aliphatic heterocycles. The number of amides is 1. The van der Waals surface area contributed by atoms with Crippen LogP contribution < -0.4 is 15.2 Å². The molecule has 3 N–H and O–H groups in total. The maximum atomic E-state index is 12.1. The minimum atomic E-state index is -4.16. The summed E-state index contributed by atoms with van der Waals surface area (Å²) in [7, 11) is -2.92. The number of carbonyl (C=O) groups excluding carboxylic acids is 2. The molecule has 0 unspecified atom stereocenters. The van der Waals surface area contributed by atoms with Crippen molar-refractivity contribution in [2.75, 3.05) is 19.0 Å². The molecule has 0 heterocycles. The van der Waals surface area contributed by atoms with Crippen LogP contribution in [0.25, 0.3) is 0 Å². The van der Waals surface area contributed by atoms with Gasteiger partial charge in [0.1, 0.15) is 4.90 Å². The fraction of sp³-hybridized carbons (Fsp3) is 0.176. The predicted octanol–water partition coefficient (Wildman–Crippen LogP) is 2.01. The molecule has 0 spiro atoms. The first-order chi connectivity index (χ1) is 13.9. The summed E-state index contributed by atoms with van der Waals surface area (Å²) < 4.78 is 32.7. The van der Waals surface area contributed by atoms with Crippen molar-refractivity contribution in [3.8, 4) is 5.75 Å². The van der Waals surface area contributed by atoms with E-state index in [2.05, 4.69) is 5.32 Å². The molecule has 0 saturated carbocycles. The number of nitro benzene ring substituents is 1. The number of rotatable bonds is 7. The Balaban J connectivity index is 2.10. The number of nitro groups is 1. The second-order valence-corrected chi connectivity index (χ2v) is 7.85. The van der Waals surface area contributed by atoms with Gasteiger partial charge in [-0.1, -0.05) is 11.6 Å². The zero-order chi connectivity index (χ0) is 22.6. The lowest BCUT2D eigenvalue weighted by molar-refractivity contribution is -0.385. The summed E-state index contributed by atoms with van der Waals surface area (Å²) in [4.78, 5) is 34.1. The Morgan fingerprint density at radius 3 is 2.50 bits per heavy atom. The number of nitrogens with zero attached hydrogens (tertiary/aromatic N) is 1. The molecule has 1 amide bonds. The summed E-state index contributed by atoms with van der Waals surface area (Å²) in [5.74, 6) is -1.78. The van der Waals surface area contributed by atoms with Crippen LogP contribution in [0.4, 0.5) is 11.4 Å². The van der Waals surface area contributed by atoms with Gasteiger partial charge in [-0.15, -0.1) is 0 Å². The lowest BCUT2D eigenvalue weighted by atomic mass is 10.1. The zero-order valence-corrected chi connectivity index (χ0v) is 17.2. The fourth-order valence-electron chi connectivity index (χ4n) is 2.36. The summed E-state index contributed by atoms with van der Waals surface area (Å²) in [6, 6.07) is 5.80. The summed E-state index contributed by atoms with van der Waals surface area (Å²) in [5, 5.41) is 18.3. The molecule has 2 aromatic carbocycles. The molecule has 0 atom stereocenters. The monoisotopic (exact) mass is 457 g/mol. The van der Waals surface area contributed by atoms with E-state index in [0.717, 1.165) is 12.1 Å². The first kappa shape index (κ1) is 23.1. The van der Waals surface area contributed by atoms with E-state index in [4.69, 9.17) is 26.2 Å². The van der Waals surface area contributed by atoms with E-state index in [1.54, 1.807) is 0 Å². The standard InChI is InChI=1S/C17H16ClN3O8S/c1-9-5-13(21(24)25)14(28-2)7-12(9)20-16(22)8-29-17(23)10-3-4-11(18)15(6-10)30(19,26)27/h3-7H,8H2,1-2H3,(H,20,22)(H2,19,26,27). The Bertz CT molecular complexity index is 1130. The molecule has 2 rings (SSSR count). The molecule has 0 saturated heterocycles. The number of aryl methyl sites for hydroxylation is 1. The molecule has 0 fully saturated rings. The summed E-state index contributed by atoms with van der Waals surface area (Å²) in [5.41, 5.74) is 0.163. The first-order valence-corrected chi connectivity index (χ1v) is 9.98. The molecule has 0 aliphatic rings. The Kier molecular flexibility index (Phi) is 6.97. The highest BCUT2D eigenvalue weighted by molar-refractivity contribution is 7.89. The predicted molar refractivity (Wildman–Crippen MR) is 106 cm³/mol. The topological polar surface area (TPSA) is 168 Å². The van der Waals surface area contributed by atoms with Crippen molar-refractivity contribution in [3.63, 3.8) is 0 Å². The van der Waals surface area contributed by atoms with Gasteiger partial charge in [-0.2, -0.15) is 0 Å². The minimum absolute atomic E-state index is 0.0606. The van der Waals surface area contributed by atoms with Crippen molar-refractivity contribution >= 4 is 44.9 Å². The third kappa shape index (κ3) is 5.43. The van der Waals surface area contributed by atoms with Gasteiger partial charge in [-0.3, -0.25) is 14.9 Å². The molecule has 2 aromatic rings. The van der Waals surface area contributed by atoms with Gasteiger partial charge in [0, 0.05) is 17.8 Å². The number of halogens is 1. The van der Waals surface area contributed by atoms with Gasteiger partial charge in [0.25, 0.3) is 5.91 Å². The summed E-state index contributed by atoms with van der Waals surface area (Å²) in [6.45, 7) is 0.835. The molecule has 30 heavy (non-hydrogen) atoms. The number of anilines is 1. The highest BCUT2D eigenvalue weighted by Crippen LogP contribution is 2.32. The van der Waals surface area contributed by atoms with Gasteiger partial charge in [-0.25, -0.2) is 18.4 Å². The fourth-order valence-corrected chi connectivity index (χ4v) is 3.43. The number of benzene rings is 2. The number of hydrogen-bond donors (Lipinski definition) is 2. The molecule has 0 aromatic heterocycles. The van der Waals surface area contributed by atoms with E-state index in [-0.39, 0.29) is 27.7 Å². The van der Waals surface area contributed by atoms with Crippen LogP contribution in [0, 0.1) is 17.0 Å². The molecular weight excluding hydrogens is 442 g/mol. The summed E-state index contributed by atoms with van der Waals surface area (Å²) >= 11 is 5.75. The van der Waals surface area contributed by atoms with Crippen LogP contribution in [0.3, 0.4) is 0 Å². The molecule has 160 valence electrons. The van der Waals surface area contributed by atoms with Crippen molar-refractivity contribution in [1.29, 1.82) is 0 Å². The minimum Gasteiger partial charge on any atom is -0.490 e. The number of esters is 1. The number of primary sulfonamides is 1. The molecule has 0 radical (unpaired) electrons. The Morgan fingerprint density at radius 2 is 1.93 bits per heavy atom. The van der Waals surface area contributed by atoms with Crippen molar-refractivity contribution in [1.82, 2.24) is 0 Å². The number of nitrogens with two attached hydrogens (primary N) is 1. The third-order valence-corrected chi connectivity index (χ3v) is 5.20. The normalized spacial score (nSPS) is 10.9. The Hall–Kier alpha value is -3.22. The van der Waals surface area contributed by atoms with Crippen molar-refractivity contribution in [2.24, 2.45) is 5.14 Å². The third-order valence-electron chi connectivity index (χ3n) is 3.80. The number of hydrogen-bond acceptors (Lipinski definition) is 8. The van der Waals surface area contributed by atoms with E-state index in [1.807, 2.05) is 0 Å². The molecule has 11 nitrogen and oxygen atoms in total. The van der Waals surface area contributed by atoms with Crippen molar-refractivity contribution in [3.05, 3.63) is 56.6 Å². The summed E-state index contributed by atoms with van der Waals surface area (Å²) in [6.07, 6.45) is 0. The van der Waals surface area contributed by atoms with Crippen molar-refractivity contribution < 1.29 is 32.4 Å². The van der Waals surface area contributed by atoms with E-state index in [0.29, 0.717) is 5.56 Å². The molecular formula is C17H16ClN3O8S. The van der Waals surface area contributed by atoms with E-state index < -0.39 is 38.3 Å². The average molecular weight is 458 g/mol. The molecule has 0 aliphatic carbocycles. The van der Waals surface area contributed by atoms with E-state index in [9.17, 15) is 28.1 Å². The van der Waals surface area contributed by atoms with Gasteiger partial charge in [0.2, 0.25) is 10.0 Å². The second-order valence-electron chi connectivity index (χ2n) is 5.91. The van der Waals surface area contributed by atoms with Gasteiger partial charge in [0.05, 0.1) is 22.6 Å². The molecule has 0 bridgehead atoms. The number of methoxy groups -OCH3 is 1. The SMILES string of the molecule is COc1cc(NC(=O)COC(=O)c2ccc(Cl)c(S(N)(=O)=O)c2)c(C)cc1[N+](=O)[O-]. The lowest BCUT2D eigenvalue weighted by Gasteiger charge is -2.11. The zero-order valence-electron chi connectivity index (χ0n) is 15.7. The van der Waals surface area contributed by atoms with Gasteiger partial charge in [0.15, 0.2) is 12.4 Å². The second kappa shape index (κ2) is 9.07. The van der Waals surface area contributed by atoms with Crippen LogP contribution in [-0.4, -0.2) is 38.9 Å². The Labute approximate surface area is 175 Å². The van der Waals surface area contributed by atoms with Crippen LogP contribution in [0.1, 0.15) is 15.9 Å². The maximum Gasteiger partial charge on any atom is 0.338 e. The molecule has 13 heteroatoms. The smallest absolute Gasteiger partial charge is 0.338 e. The highest BCUT2D eigenvalue weighted by Gasteiger charge is 2.20. The van der Waals surface area contributed by atoms with E-state index in [1.165, 1.54) is 32.2 Å². The van der Waals surface area contributed by atoms with Crippen LogP contribution in [-0.2, 0) is 19.6 Å². The van der Waals surface area contributed by atoms with Crippen LogP contribution >= 0.6 is 11.6 Å². The average Bonchev–Trinajstić information content (AvgIpc) is 2.66. The number of nitrogens with one attached hydrogen (secondary N) is 1. The largest absolute Gasteiger partial charge is 0.490 e. The maximum absolute atomic E-state index is 12.1. The van der Waals surface area contributed by atoms with Crippen LogP contribution in [0.15, 0.2) is 35.2 Å². The first-order valence-electron chi connectivity index (χ1n) is 8.06. The lowest BCUT2D eigenvalue weighted by Crippen LogP contribution is -2.22. The number of ether oxygens (including phenoxy) is 2. The van der Waals surface area contributed by atoms with Crippen LogP contribution in [0.5, 0.6) is 5.75 Å². The Morgan fingerprint density at radius 1 is 1.27 bits per heavy atom. The van der Waals surface area contributed by atoms with Gasteiger partial charge >= 0.3 is 11.7 Å². The van der Waals surface area contributed by atoms with Crippen molar-refractivity contribution in [2.45, 2.75) is 11.8 Å². The number of sulfonamides is 1. The highest BCUT2D eigenvalue weighted by atomic mass is 35.5. The van der Waals surface area contributed by atoms with Gasteiger partial charge in [-0.05, 0) is 30.7 Å². The number of carbonyl (C=O) groups is 2. The van der Waals surface area contributed by atoms with E-state index >= 15 is 0 Å². The van der Waals surface area contributed by atoms with Gasteiger partial charge < -0.3 is 14.8 Å². The van der Waals surface area contributed by atoms with Crippen LogP contribution in [0.2, 0.25) is 5.02 Å².